The monoisotopic (exact) mass is 244 g/mol. The van der Waals surface area contributed by atoms with Gasteiger partial charge in [0, 0.05) is 12.6 Å². The van der Waals surface area contributed by atoms with Crippen LogP contribution in [0.3, 0.4) is 0 Å². The van der Waals surface area contributed by atoms with E-state index in [9.17, 15) is 4.79 Å². The van der Waals surface area contributed by atoms with Crippen LogP contribution in [0, 0.1) is 11.8 Å². The summed E-state index contributed by atoms with van der Waals surface area (Å²) in [6, 6.07) is 0.384. The first-order chi connectivity index (χ1) is 7.63. The Bertz CT molecular complexity index is 215. The molecule has 3 nitrogen and oxygen atoms in total. The standard InChI is InChI=1S/C12H24N2OS/c1-9(2)7-10(8-13)12(15)14-11-3-5-16-6-4-11/h9-11H,3-8,13H2,1-2H3,(H,14,15). The third-order valence-corrected chi connectivity index (χ3v) is 4.03. The van der Waals surface area contributed by atoms with Gasteiger partial charge >= 0.3 is 0 Å². The molecule has 1 aliphatic heterocycles. The van der Waals surface area contributed by atoms with Crippen LogP contribution in [0.1, 0.15) is 33.1 Å². The predicted octanol–water partition coefficient (Wildman–Crippen LogP) is 1.62. The zero-order valence-electron chi connectivity index (χ0n) is 10.4. The smallest absolute Gasteiger partial charge is 0.224 e. The van der Waals surface area contributed by atoms with Gasteiger partial charge in [0.1, 0.15) is 0 Å². The molecule has 0 spiro atoms. The van der Waals surface area contributed by atoms with Crippen molar-refractivity contribution in [2.75, 3.05) is 18.1 Å². The molecular weight excluding hydrogens is 220 g/mol. The summed E-state index contributed by atoms with van der Waals surface area (Å²) in [5.74, 6) is 3.02. The summed E-state index contributed by atoms with van der Waals surface area (Å²) in [6.45, 7) is 4.73. The van der Waals surface area contributed by atoms with Gasteiger partial charge in [-0.1, -0.05) is 13.8 Å². The maximum absolute atomic E-state index is 12.0. The Morgan fingerprint density at radius 3 is 2.56 bits per heavy atom. The zero-order valence-corrected chi connectivity index (χ0v) is 11.2. The van der Waals surface area contributed by atoms with E-state index in [1.807, 2.05) is 11.8 Å². The molecule has 1 amide bonds. The second-order valence-electron chi connectivity index (χ2n) is 4.96. The van der Waals surface area contributed by atoms with Crippen LogP contribution < -0.4 is 11.1 Å². The van der Waals surface area contributed by atoms with Crippen LogP contribution in [0.5, 0.6) is 0 Å². The second-order valence-corrected chi connectivity index (χ2v) is 6.18. The molecule has 1 saturated heterocycles. The van der Waals surface area contributed by atoms with E-state index in [2.05, 4.69) is 19.2 Å². The molecule has 1 heterocycles. The zero-order chi connectivity index (χ0) is 12.0. The average molecular weight is 244 g/mol. The molecule has 0 radical (unpaired) electrons. The van der Waals surface area contributed by atoms with E-state index < -0.39 is 0 Å². The molecule has 0 saturated carbocycles. The fraction of sp³-hybridized carbons (Fsp3) is 0.917. The Morgan fingerprint density at radius 1 is 1.44 bits per heavy atom. The summed E-state index contributed by atoms with van der Waals surface area (Å²) in [5.41, 5.74) is 5.66. The van der Waals surface area contributed by atoms with Crippen molar-refractivity contribution in [1.29, 1.82) is 0 Å². The fourth-order valence-corrected chi connectivity index (χ4v) is 3.15. The topological polar surface area (TPSA) is 55.1 Å². The van der Waals surface area contributed by atoms with Crippen LogP contribution in [-0.4, -0.2) is 30.0 Å². The third-order valence-electron chi connectivity index (χ3n) is 2.98. The van der Waals surface area contributed by atoms with E-state index in [4.69, 9.17) is 5.73 Å². The number of nitrogens with two attached hydrogens (primary N) is 1. The van der Waals surface area contributed by atoms with Gasteiger partial charge in [-0.05, 0) is 36.7 Å². The minimum Gasteiger partial charge on any atom is -0.353 e. The van der Waals surface area contributed by atoms with Gasteiger partial charge in [-0.25, -0.2) is 0 Å². The minimum absolute atomic E-state index is 0.00502. The van der Waals surface area contributed by atoms with Crippen LogP contribution >= 0.6 is 11.8 Å². The number of hydrogen-bond donors (Lipinski definition) is 2. The molecule has 0 aromatic heterocycles. The van der Waals surface area contributed by atoms with E-state index in [0.29, 0.717) is 18.5 Å². The molecule has 0 aromatic carbocycles. The van der Waals surface area contributed by atoms with Crippen molar-refractivity contribution in [2.45, 2.75) is 39.2 Å². The lowest BCUT2D eigenvalue weighted by molar-refractivity contribution is -0.126. The van der Waals surface area contributed by atoms with Gasteiger partial charge in [-0.15, -0.1) is 0 Å². The SMILES string of the molecule is CC(C)CC(CN)C(=O)NC1CCSCC1. The van der Waals surface area contributed by atoms with Crippen molar-refractivity contribution in [3.05, 3.63) is 0 Å². The summed E-state index contributed by atoms with van der Waals surface area (Å²) in [4.78, 5) is 12.0. The quantitative estimate of drug-likeness (QED) is 0.772. The van der Waals surface area contributed by atoms with E-state index >= 15 is 0 Å². The van der Waals surface area contributed by atoms with Crippen molar-refractivity contribution in [1.82, 2.24) is 5.32 Å². The maximum atomic E-state index is 12.0. The molecule has 3 N–H and O–H groups in total. The molecule has 1 aliphatic rings. The summed E-state index contributed by atoms with van der Waals surface area (Å²) < 4.78 is 0. The summed E-state index contributed by atoms with van der Waals surface area (Å²) >= 11 is 1.97. The van der Waals surface area contributed by atoms with Crippen LogP contribution in [0.25, 0.3) is 0 Å². The van der Waals surface area contributed by atoms with Crippen LogP contribution in [0.2, 0.25) is 0 Å². The fourth-order valence-electron chi connectivity index (χ4n) is 2.04. The molecule has 1 rings (SSSR count). The van der Waals surface area contributed by atoms with Crippen molar-refractivity contribution < 1.29 is 4.79 Å². The van der Waals surface area contributed by atoms with Gasteiger partial charge in [-0.3, -0.25) is 4.79 Å². The van der Waals surface area contributed by atoms with E-state index in [1.54, 1.807) is 0 Å². The van der Waals surface area contributed by atoms with Gasteiger partial charge in [-0.2, -0.15) is 11.8 Å². The molecule has 16 heavy (non-hydrogen) atoms. The van der Waals surface area contributed by atoms with Crippen molar-refractivity contribution in [3.8, 4) is 0 Å². The summed E-state index contributed by atoms with van der Waals surface area (Å²) in [5, 5.41) is 3.14. The van der Waals surface area contributed by atoms with Gasteiger partial charge in [0.25, 0.3) is 0 Å². The first-order valence-corrected chi connectivity index (χ1v) is 7.37. The predicted molar refractivity (Wildman–Crippen MR) is 70.5 cm³/mol. The van der Waals surface area contributed by atoms with Gasteiger partial charge < -0.3 is 11.1 Å². The van der Waals surface area contributed by atoms with Crippen LogP contribution in [0.4, 0.5) is 0 Å². The Morgan fingerprint density at radius 2 is 2.06 bits per heavy atom. The highest BCUT2D eigenvalue weighted by Crippen LogP contribution is 2.18. The lowest BCUT2D eigenvalue weighted by Gasteiger charge is -2.25. The second kappa shape index (κ2) is 7.17. The molecule has 1 atom stereocenters. The number of carbonyl (C=O) groups is 1. The first-order valence-electron chi connectivity index (χ1n) is 6.21. The van der Waals surface area contributed by atoms with Gasteiger partial charge in [0.15, 0.2) is 0 Å². The summed E-state index contributed by atoms with van der Waals surface area (Å²) in [6.07, 6.45) is 3.11. The molecule has 1 unspecified atom stereocenters. The lowest BCUT2D eigenvalue weighted by Crippen LogP contribution is -2.43. The van der Waals surface area contributed by atoms with Crippen LogP contribution in [-0.2, 0) is 4.79 Å². The number of nitrogens with one attached hydrogen (secondary N) is 1. The Balaban J connectivity index is 2.35. The average Bonchev–Trinajstić information content (AvgIpc) is 2.26. The number of carbonyl (C=O) groups excluding carboxylic acids is 1. The molecule has 1 fully saturated rings. The molecule has 0 bridgehead atoms. The highest BCUT2D eigenvalue weighted by Gasteiger charge is 2.22. The molecule has 94 valence electrons. The molecule has 0 aliphatic carbocycles. The minimum atomic E-state index is -0.00502. The van der Waals surface area contributed by atoms with Crippen LogP contribution in [0.15, 0.2) is 0 Å². The Kier molecular flexibility index (Phi) is 6.21. The van der Waals surface area contributed by atoms with Gasteiger partial charge in [0.05, 0.1) is 5.92 Å². The van der Waals surface area contributed by atoms with Crippen molar-refractivity contribution >= 4 is 17.7 Å². The van der Waals surface area contributed by atoms with Gasteiger partial charge in [0.2, 0.25) is 5.91 Å². The Labute approximate surface area is 103 Å². The molecule has 0 aromatic rings. The number of rotatable bonds is 5. The van der Waals surface area contributed by atoms with E-state index in [0.717, 1.165) is 19.3 Å². The highest BCUT2D eigenvalue weighted by molar-refractivity contribution is 7.99. The normalized spacial score (nSPS) is 19.8. The lowest BCUT2D eigenvalue weighted by atomic mass is 9.96. The number of hydrogen-bond acceptors (Lipinski definition) is 3. The first kappa shape index (κ1) is 13.8. The van der Waals surface area contributed by atoms with Crippen molar-refractivity contribution in [2.24, 2.45) is 17.6 Å². The Hall–Kier alpha value is -0.220. The third kappa shape index (κ3) is 4.74. The van der Waals surface area contributed by atoms with E-state index in [1.165, 1.54) is 11.5 Å². The highest BCUT2D eigenvalue weighted by atomic mass is 32.2. The molecular formula is C12H24N2OS. The molecule has 4 heteroatoms. The summed E-state index contributed by atoms with van der Waals surface area (Å²) in [7, 11) is 0. The number of thioether (sulfide) groups is 1. The maximum Gasteiger partial charge on any atom is 0.224 e. The largest absolute Gasteiger partial charge is 0.353 e. The van der Waals surface area contributed by atoms with Crippen molar-refractivity contribution in [3.63, 3.8) is 0 Å². The van der Waals surface area contributed by atoms with E-state index in [-0.39, 0.29) is 11.8 Å². The number of amides is 1.